The lowest BCUT2D eigenvalue weighted by molar-refractivity contribution is -0.384. The highest BCUT2D eigenvalue weighted by Crippen LogP contribution is 2.46. The fraction of sp³-hybridized carbons (Fsp3) is 0.222. The summed E-state index contributed by atoms with van der Waals surface area (Å²) in [5.74, 6) is 2.12. The van der Waals surface area contributed by atoms with E-state index >= 15 is 0 Å². The first kappa shape index (κ1) is 21.7. The van der Waals surface area contributed by atoms with Gasteiger partial charge in [-0.05, 0) is 42.2 Å². The van der Waals surface area contributed by atoms with E-state index in [1.165, 1.54) is 0 Å². The van der Waals surface area contributed by atoms with Gasteiger partial charge < -0.3 is 14.4 Å². The van der Waals surface area contributed by atoms with Crippen LogP contribution in [0, 0.1) is 10.1 Å². The highest BCUT2D eigenvalue weighted by Gasteiger charge is 2.25. The zero-order valence-electron chi connectivity index (χ0n) is 19.2. The number of anilines is 1. The standard InChI is InChI=1S/C27H25N3O4/c1-33-23-13-10-19(16-24(23)34-2)26-25(18-8-4-3-5-9-18)21-12-11-20(30(31)32)17-22(21)28-27(26)29-14-6-7-15-29/h3-5,8-13,16-17H,6-7,14-15H2,1-2H3. The summed E-state index contributed by atoms with van der Waals surface area (Å²) >= 11 is 0. The van der Waals surface area contributed by atoms with Crippen molar-refractivity contribution in [2.24, 2.45) is 0 Å². The number of non-ortho nitro benzene ring substituents is 1. The van der Waals surface area contributed by atoms with Crippen LogP contribution in [0.5, 0.6) is 11.5 Å². The molecule has 0 spiro atoms. The van der Waals surface area contributed by atoms with Crippen molar-refractivity contribution < 1.29 is 14.4 Å². The van der Waals surface area contributed by atoms with Gasteiger partial charge in [-0.1, -0.05) is 36.4 Å². The van der Waals surface area contributed by atoms with E-state index < -0.39 is 0 Å². The first-order valence-corrected chi connectivity index (χ1v) is 11.3. The van der Waals surface area contributed by atoms with Gasteiger partial charge in [-0.3, -0.25) is 10.1 Å². The molecule has 1 aliphatic rings. The first-order valence-electron chi connectivity index (χ1n) is 11.3. The molecule has 5 rings (SSSR count). The van der Waals surface area contributed by atoms with Crippen molar-refractivity contribution in [3.05, 3.63) is 76.8 Å². The number of rotatable bonds is 6. The highest BCUT2D eigenvalue weighted by atomic mass is 16.6. The van der Waals surface area contributed by atoms with Crippen LogP contribution in [0.25, 0.3) is 33.2 Å². The van der Waals surface area contributed by atoms with Crippen LogP contribution >= 0.6 is 0 Å². The van der Waals surface area contributed by atoms with Crippen molar-refractivity contribution in [2.45, 2.75) is 12.8 Å². The van der Waals surface area contributed by atoms with Gasteiger partial charge in [0.1, 0.15) is 5.82 Å². The van der Waals surface area contributed by atoms with Gasteiger partial charge >= 0.3 is 0 Å². The number of nitro benzene ring substituents is 1. The largest absolute Gasteiger partial charge is 0.493 e. The molecule has 2 heterocycles. The van der Waals surface area contributed by atoms with Crippen molar-refractivity contribution >= 4 is 22.4 Å². The lowest BCUT2D eigenvalue weighted by Crippen LogP contribution is -2.20. The monoisotopic (exact) mass is 455 g/mol. The lowest BCUT2D eigenvalue weighted by atomic mass is 9.91. The van der Waals surface area contributed by atoms with Crippen LogP contribution in [-0.4, -0.2) is 37.2 Å². The van der Waals surface area contributed by atoms with E-state index in [0.29, 0.717) is 17.0 Å². The van der Waals surface area contributed by atoms with Crippen LogP contribution in [0.3, 0.4) is 0 Å². The first-order chi connectivity index (χ1) is 16.6. The Balaban J connectivity index is 1.89. The molecule has 1 fully saturated rings. The van der Waals surface area contributed by atoms with E-state index in [1.807, 2.05) is 36.4 Å². The van der Waals surface area contributed by atoms with Crippen molar-refractivity contribution in [3.63, 3.8) is 0 Å². The van der Waals surface area contributed by atoms with E-state index in [1.54, 1.807) is 32.4 Å². The Morgan fingerprint density at radius 1 is 0.853 bits per heavy atom. The number of pyridine rings is 1. The number of ether oxygens (including phenoxy) is 2. The Labute approximate surface area is 197 Å². The highest BCUT2D eigenvalue weighted by molar-refractivity contribution is 6.07. The average molecular weight is 456 g/mol. The Bertz CT molecular complexity index is 1370. The predicted molar refractivity (Wildman–Crippen MR) is 134 cm³/mol. The molecule has 3 aromatic carbocycles. The van der Waals surface area contributed by atoms with E-state index in [9.17, 15) is 10.1 Å². The second-order valence-electron chi connectivity index (χ2n) is 8.27. The fourth-order valence-electron chi connectivity index (χ4n) is 4.68. The number of methoxy groups -OCH3 is 2. The van der Waals surface area contributed by atoms with Crippen LogP contribution in [0.1, 0.15) is 12.8 Å². The van der Waals surface area contributed by atoms with Crippen molar-refractivity contribution in [1.29, 1.82) is 0 Å². The summed E-state index contributed by atoms with van der Waals surface area (Å²) in [4.78, 5) is 18.4. The molecule has 1 aliphatic heterocycles. The molecule has 0 radical (unpaired) electrons. The Morgan fingerprint density at radius 2 is 1.59 bits per heavy atom. The summed E-state index contributed by atoms with van der Waals surface area (Å²) in [6, 6.07) is 20.9. The zero-order valence-corrected chi connectivity index (χ0v) is 19.2. The molecule has 0 aliphatic carbocycles. The van der Waals surface area contributed by atoms with Gasteiger partial charge in [0.2, 0.25) is 0 Å². The number of nitro groups is 1. The van der Waals surface area contributed by atoms with Crippen LogP contribution < -0.4 is 14.4 Å². The van der Waals surface area contributed by atoms with Gasteiger partial charge in [-0.2, -0.15) is 0 Å². The Morgan fingerprint density at radius 3 is 2.26 bits per heavy atom. The second-order valence-corrected chi connectivity index (χ2v) is 8.27. The predicted octanol–water partition coefficient (Wildman–Crippen LogP) is 6.09. The molecule has 34 heavy (non-hydrogen) atoms. The van der Waals surface area contributed by atoms with Gasteiger partial charge in [0.05, 0.1) is 24.7 Å². The molecule has 1 aromatic heterocycles. The summed E-state index contributed by atoms with van der Waals surface area (Å²) in [5, 5.41) is 12.4. The molecule has 0 bridgehead atoms. The van der Waals surface area contributed by atoms with E-state index in [2.05, 4.69) is 17.0 Å². The van der Waals surface area contributed by atoms with Crippen LogP contribution in [0.4, 0.5) is 11.5 Å². The molecule has 7 nitrogen and oxygen atoms in total. The SMILES string of the molecule is COc1ccc(-c2c(N3CCCC3)nc3cc([N+](=O)[O-])ccc3c2-c2ccccc2)cc1OC. The molecular weight excluding hydrogens is 430 g/mol. The van der Waals surface area contributed by atoms with Gasteiger partial charge in [-0.15, -0.1) is 0 Å². The van der Waals surface area contributed by atoms with Crippen molar-refractivity contribution in [2.75, 3.05) is 32.2 Å². The number of nitrogens with zero attached hydrogens (tertiary/aromatic N) is 3. The minimum Gasteiger partial charge on any atom is -0.493 e. The van der Waals surface area contributed by atoms with Crippen molar-refractivity contribution in [3.8, 4) is 33.8 Å². The second kappa shape index (κ2) is 9.02. The van der Waals surface area contributed by atoms with Gasteiger partial charge in [0.25, 0.3) is 5.69 Å². The Kier molecular flexibility index (Phi) is 5.76. The molecule has 0 amide bonds. The van der Waals surface area contributed by atoms with Gasteiger partial charge in [-0.25, -0.2) is 4.98 Å². The van der Waals surface area contributed by atoms with Crippen LogP contribution in [0.2, 0.25) is 0 Å². The molecule has 4 aromatic rings. The molecule has 1 saturated heterocycles. The molecule has 0 atom stereocenters. The summed E-state index contributed by atoms with van der Waals surface area (Å²) in [6.45, 7) is 1.78. The number of hydrogen-bond acceptors (Lipinski definition) is 6. The third kappa shape index (κ3) is 3.79. The maximum Gasteiger partial charge on any atom is 0.271 e. The summed E-state index contributed by atoms with van der Waals surface area (Å²) in [6.07, 6.45) is 2.17. The maximum absolute atomic E-state index is 11.5. The molecule has 7 heteroatoms. The van der Waals surface area contributed by atoms with E-state index in [4.69, 9.17) is 14.5 Å². The Hall–Kier alpha value is -4.13. The van der Waals surface area contributed by atoms with Gasteiger partial charge in [0, 0.05) is 41.7 Å². The maximum atomic E-state index is 11.5. The molecule has 0 unspecified atom stereocenters. The summed E-state index contributed by atoms with van der Waals surface area (Å²) in [7, 11) is 3.24. The fourth-order valence-corrected chi connectivity index (χ4v) is 4.68. The molecule has 172 valence electrons. The number of aromatic nitrogens is 1. The average Bonchev–Trinajstić information content (AvgIpc) is 3.42. The molecule has 0 N–H and O–H groups in total. The summed E-state index contributed by atoms with van der Waals surface area (Å²) in [5.41, 5.74) is 4.59. The smallest absolute Gasteiger partial charge is 0.271 e. The molecule has 0 saturated carbocycles. The minimum atomic E-state index is -0.374. The van der Waals surface area contributed by atoms with Gasteiger partial charge in [0.15, 0.2) is 11.5 Å². The van der Waals surface area contributed by atoms with Crippen LogP contribution in [0.15, 0.2) is 66.7 Å². The number of hydrogen-bond donors (Lipinski definition) is 0. The number of fused-ring (bicyclic) bond motifs is 1. The van der Waals surface area contributed by atoms with E-state index in [-0.39, 0.29) is 10.6 Å². The van der Waals surface area contributed by atoms with Crippen molar-refractivity contribution in [1.82, 2.24) is 4.98 Å². The molecular formula is C27H25N3O4. The zero-order chi connectivity index (χ0) is 23.7. The van der Waals surface area contributed by atoms with Crippen LogP contribution in [-0.2, 0) is 0 Å². The summed E-state index contributed by atoms with van der Waals surface area (Å²) < 4.78 is 11.1. The number of benzene rings is 3. The quantitative estimate of drug-likeness (QED) is 0.258. The topological polar surface area (TPSA) is 77.7 Å². The lowest BCUT2D eigenvalue weighted by Gasteiger charge is -2.25. The van der Waals surface area contributed by atoms with E-state index in [0.717, 1.165) is 59.4 Å². The normalized spacial score (nSPS) is 13.3. The third-order valence-corrected chi connectivity index (χ3v) is 6.30. The third-order valence-electron chi connectivity index (χ3n) is 6.30. The minimum absolute atomic E-state index is 0.0326.